The van der Waals surface area contributed by atoms with Gasteiger partial charge in [-0.15, -0.1) is 0 Å². The van der Waals surface area contributed by atoms with Gasteiger partial charge in [0.1, 0.15) is 0 Å². The highest BCUT2D eigenvalue weighted by Crippen LogP contribution is 2.32. The summed E-state index contributed by atoms with van der Waals surface area (Å²) in [6, 6.07) is 5.49. The molecule has 0 amide bonds. The zero-order chi connectivity index (χ0) is 11.6. The van der Waals surface area contributed by atoms with Gasteiger partial charge >= 0.3 is 0 Å². The number of hydrogen-bond donors (Lipinski definition) is 0. The molecule has 0 saturated carbocycles. The van der Waals surface area contributed by atoms with E-state index in [0.29, 0.717) is 17.9 Å². The monoisotopic (exact) mass is 244 g/mol. The number of fused-ring (bicyclic) bond motifs is 1. The van der Waals surface area contributed by atoms with Crippen LogP contribution in [0.25, 0.3) is 0 Å². The lowest BCUT2D eigenvalue weighted by Gasteiger charge is -2.03. The smallest absolute Gasteiger partial charge is 0.264 e. The van der Waals surface area contributed by atoms with E-state index in [1.54, 1.807) is 6.07 Å². The molecule has 6 heteroatoms. The standard InChI is InChI=1S/C10H12O5S/c1-16(11,12)15-5-4-8-2-3-9-10(6-8)14-7-13-9/h2-3,6H,4-5,7H2,1H3. The quantitative estimate of drug-likeness (QED) is 0.737. The molecule has 0 atom stereocenters. The van der Waals surface area contributed by atoms with E-state index in [2.05, 4.69) is 4.18 Å². The van der Waals surface area contributed by atoms with E-state index in [-0.39, 0.29) is 13.4 Å². The van der Waals surface area contributed by atoms with E-state index < -0.39 is 10.1 Å². The zero-order valence-corrected chi connectivity index (χ0v) is 9.62. The van der Waals surface area contributed by atoms with Crippen molar-refractivity contribution in [3.8, 4) is 11.5 Å². The van der Waals surface area contributed by atoms with Crippen LogP contribution >= 0.6 is 0 Å². The Morgan fingerprint density at radius 2 is 2.06 bits per heavy atom. The summed E-state index contributed by atoms with van der Waals surface area (Å²) >= 11 is 0. The van der Waals surface area contributed by atoms with Crippen molar-refractivity contribution in [2.24, 2.45) is 0 Å². The zero-order valence-electron chi connectivity index (χ0n) is 8.80. The minimum Gasteiger partial charge on any atom is -0.454 e. The van der Waals surface area contributed by atoms with Crippen LogP contribution in [0.15, 0.2) is 18.2 Å². The van der Waals surface area contributed by atoms with Crippen molar-refractivity contribution in [2.75, 3.05) is 19.7 Å². The van der Waals surface area contributed by atoms with E-state index in [9.17, 15) is 8.42 Å². The topological polar surface area (TPSA) is 61.8 Å². The second kappa shape index (κ2) is 4.31. The number of rotatable bonds is 4. The Hall–Kier alpha value is -1.27. The molecule has 0 fully saturated rings. The van der Waals surface area contributed by atoms with Gasteiger partial charge in [-0.25, -0.2) is 0 Å². The summed E-state index contributed by atoms with van der Waals surface area (Å²) in [4.78, 5) is 0. The molecule has 5 nitrogen and oxygen atoms in total. The van der Waals surface area contributed by atoms with Gasteiger partial charge < -0.3 is 9.47 Å². The fourth-order valence-corrected chi connectivity index (χ4v) is 1.79. The van der Waals surface area contributed by atoms with Gasteiger partial charge in [0.2, 0.25) is 6.79 Å². The van der Waals surface area contributed by atoms with E-state index in [1.807, 2.05) is 12.1 Å². The lowest BCUT2D eigenvalue weighted by Crippen LogP contribution is -2.06. The highest BCUT2D eigenvalue weighted by molar-refractivity contribution is 7.85. The Bertz CT molecular complexity index is 480. The molecular formula is C10H12O5S. The first kappa shape index (κ1) is 11.2. The van der Waals surface area contributed by atoms with Gasteiger partial charge in [0.15, 0.2) is 11.5 Å². The first-order valence-electron chi connectivity index (χ1n) is 4.77. The molecule has 0 spiro atoms. The van der Waals surface area contributed by atoms with Crippen LogP contribution in [0.3, 0.4) is 0 Å². The third kappa shape index (κ3) is 2.86. The van der Waals surface area contributed by atoms with Gasteiger partial charge in [-0.05, 0) is 24.1 Å². The van der Waals surface area contributed by atoms with Crippen molar-refractivity contribution in [1.82, 2.24) is 0 Å². The minimum absolute atomic E-state index is 0.137. The van der Waals surface area contributed by atoms with Crippen LogP contribution in [0.2, 0.25) is 0 Å². The second-order valence-corrected chi connectivity index (χ2v) is 5.11. The molecule has 16 heavy (non-hydrogen) atoms. The van der Waals surface area contributed by atoms with Crippen LogP contribution < -0.4 is 9.47 Å². The third-order valence-electron chi connectivity index (χ3n) is 2.13. The second-order valence-electron chi connectivity index (χ2n) is 3.46. The molecule has 1 aromatic carbocycles. The van der Waals surface area contributed by atoms with E-state index in [1.165, 1.54) is 0 Å². The lowest BCUT2D eigenvalue weighted by molar-refractivity contribution is 0.174. The van der Waals surface area contributed by atoms with Gasteiger partial charge in [-0.3, -0.25) is 4.18 Å². The molecule has 0 N–H and O–H groups in total. The molecule has 0 aromatic heterocycles. The molecule has 0 aliphatic carbocycles. The Morgan fingerprint density at radius 3 is 2.81 bits per heavy atom. The maximum absolute atomic E-state index is 10.7. The molecule has 0 bridgehead atoms. The average Bonchev–Trinajstić information content (AvgIpc) is 2.62. The summed E-state index contributed by atoms with van der Waals surface area (Å²) in [6.45, 7) is 0.372. The van der Waals surface area contributed by atoms with Crippen LogP contribution in [0, 0.1) is 0 Å². The molecule has 1 aliphatic heterocycles. The van der Waals surface area contributed by atoms with Crippen LogP contribution in [-0.4, -0.2) is 28.1 Å². The fourth-order valence-electron chi connectivity index (χ4n) is 1.41. The Labute approximate surface area is 94.1 Å². The third-order valence-corrected chi connectivity index (χ3v) is 2.72. The number of hydrogen-bond acceptors (Lipinski definition) is 5. The van der Waals surface area contributed by atoms with E-state index in [4.69, 9.17) is 9.47 Å². The highest BCUT2D eigenvalue weighted by atomic mass is 32.2. The molecule has 2 rings (SSSR count). The van der Waals surface area contributed by atoms with Crippen molar-refractivity contribution in [2.45, 2.75) is 6.42 Å². The molecule has 1 aromatic rings. The molecule has 1 heterocycles. The summed E-state index contributed by atoms with van der Waals surface area (Å²) in [5.41, 5.74) is 0.952. The first-order valence-corrected chi connectivity index (χ1v) is 6.59. The van der Waals surface area contributed by atoms with Gasteiger partial charge in [0, 0.05) is 0 Å². The fraction of sp³-hybridized carbons (Fsp3) is 0.400. The van der Waals surface area contributed by atoms with Crippen molar-refractivity contribution >= 4 is 10.1 Å². The van der Waals surface area contributed by atoms with Gasteiger partial charge in [0.05, 0.1) is 12.9 Å². The van der Waals surface area contributed by atoms with Crippen LogP contribution in [0.5, 0.6) is 11.5 Å². The summed E-state index contributed by atoms with van der Waals surface area (Å²) in [5, 5.41) is 0. The van der Waals surface area contributed by atoms with Crippen molar-refractivity contribution in [3.63, 3.8) is 0 Å². The normalized spacial score (nSPS) is 14.1. The van der Waals surface area contributed by atoms with Crippen molar-refractivity contribution < 1.29 is 22.1 Å². The Balaban J connectivity index is 1.95. The van der Waals surface area contributed by atoms with Crippen LogP contribution in [0.4, 0.5) is 0 Å². The predicted octanol–water partition coefficient (Wildman–Crippen LogP) is 0.934. The summed E-state index contributed by atoms with van der Waals surface area (Å²) in [6.07, 6.45) is 1.55. The maximum Gasteiger partial charge on any atom is 0.264 e. The summed E-state index contributed by atoms with van der Waals surface area (Å²) < 4.78 is 36.5. The Morgan fingerprint density at radius 1 is 1.31 bits per heavy atom. The van der Waals surface area contributed by atoms with Gasteiger partial charge in [-0.2, -0.15) is 8.42 Å². The predicted molar refractivity (Wildman–Crippen MR) is 57.1 cm³/mol. The largest absolute Gasteiger partial charge is 0.454 e. The Kier molecular flexibility index (Phi) is 3.02. The lowest BCUT2D eigenvalue weighted by atomic mass is 10.1. The number of ether oxygens (including phenoxy) is 2. The number of benzene rings is 1. The molecule has 0 unspecified atom stereocenters. The molecule has 1 aliphatic rings. The van der Waals surface area contributed by atoms with Gasteiger partial charge in [0.25, 0.3) is 10.1 Å². The van der Waals surface area contributed by atoms with Crippen molar-refractivity contribution in [1.29, 1.82) is 0 Å². The SMILES string of the molecule is CS(=O)(=O)OCCc1ccc2c(c1)OCO2. The highest BCUT2D eigenvalue weighted by Gasteiger charge is 2.13. The first-order chi connectivity index (χ1) is 7.54. The molecule has 88 valence electrons. The minimum atomic E-state index is -3.36. The summed E-state index contributed by atoms with van der Waals surface area (Å²) in [5.74, 6) is 1.41. The van der Waals surface area contributed by atoms with E-state index in [0.717, 1.165) is 11.8 Å². The van der Waals surface area contributed by atoms with Crippen LogP contribution in [-0.2, 0) is 20.7 Å². The van der Waals surface area contributed by atoms with E-state index >= 15 is 0 Å². The maximum atomic E-state index is 10.7. The summed E-state index contributed by atoms with van der Waals surface area (Å²) in [7, 11) is -3.36. The molecule has 0 saturated heterocycles. The van der Waals surface area contributed by atoms with Crippen molar-refractivity contribution in [3.05, 3.63) is 23.8 Å². The molecular weight excluding hydrogens is 232 g/mol. The van der Waals surface area contributed by atoms with Crippen LogP contribution in [0.1, 0.15) is 5.56 Å². The molecule has 0 radical (unpaired) electrons. The average molecular weight is 244 g/mol. The van der Waals surface area contributed by atoms with Gasteiger partial charge in [-0.1, -0.05) is 6.07 Å².